The highest BCUT2D eigenvalue weighted by atomic mass is 16.5. The van der Waals surface area contributed by atoms with Crippen molar-refractivity contribution >= 4 is 12.1 Å². The number of aliphatic imine (C=N–C) groups is 1. The van der Waals surface area contributed by atoms with Crippen molar-refractivity contribution in [1.29, 1.82) is 0 Å². The first kappa shape index (κ1) is 18.0. The molecular weight excluding hydrogens is 338 g/mol. The Morgan fingerprint density at radius 1 is 1.33 bits per heavy atom. The van der Waals surface area contributed by atoms with Crippen LogP contribution in [0.5, 0.6) is 0 Å². The number of allylic oxidation sites excluding steroid dienone is 2. The molecule has 0 saturated carbocycles. The molecule has 1 amide bonds. The third kappa shape index (κ3) is 3.44. The maximum Gasteiger partial charge on any atom is 0.243 e. The number of nitrogens with one attached hydrogen (secondary N) is 2. The van der Waals surface area contributed by atoms with Crippen LogP contribution in [0.4, 0.5) is 0 Å². The van der Waals surface area contributed by atoms with E-state index in [9.17, 15) is 4.79 Å². The summed E-state index contributed by atoms with van der Waals surface area (Å²) in [7, 11) is 0. The summed E-state index contributed by atoms with van der Waals surface area (Å²) in [6, 6.07) is 0.161. The normalized spacial score (nSPS) is 30.0. The van der Waals surface area contributed by atoms with Crippen LogP contribution in [-0.4, -0.2) is 44.5 Å². The lowest BCUT2D eigenvalue weighted by Gasteiger charge is -2.36. The molecule has 27 heavy (non-hydrogen) atoms. The topological polar surface area (TPSA) is 62.7 Å². The maximum absolute atomic E-state index is 11.8. The van der Waals surface area contributed by atoms with Crippen LogP contribution in [0.1, 0.15) is 25.7 Å². The van der Waals surface area contributed by atoms with Gasteiger partial charge in [0, 0.05) is 31.4 Å². The first-order valence-electron chi connectivity index (χ1n) is 9.75. The van der Waals surface area contributed by atoms with E-state index in [2.05, 4.69) is 41.6 Å². The van der Waals surface area contributed by atoms with Crippen LogP contribution in [0.15, 0.2) is 64.4 Å². The van der Waals surface area contributed by atoms with Gasteiger partial charge in [-0.25, -0.2) is 0 Å². The average Bonchev–Trinajstić information content (AvgIpc) is 3.29. The summed E-state index contributed by atoms with van der Waals surface area (Å²) in [6.07, 6.45) is 16.0. The molecule has 2 unspecified atom stereocenters. The number of hydrogen-bond donors (Lipinski definition) is 2. The molecule has 3 aliphatic heterocycles. The van der Waals surface area contributed by atoms with E-state index >= 15 is 0 Å². The Labute approximate surface area is 160 Å². The molecular formula is C22H27N3O2. The van der Waals surface area contributed by atoms with Crippen LogP contribution in [0.3, 0.4) is 0 Å². The number of hydrogen-bond acceptors (Lipinski definition) is 4. The zero-order valence-corrected chi connectivity index (χ0v) is 15.7. The highest BCUT2D eigenvalue weighted by Crippen LogP contribution is 2.48. The van der Waals surface area contributed by atoms with Gasteiger partial charge in [-0.3, -0.25) is 9.79 Å². The summed E-state index contributed by atoms with van der Waals surface area (Å²) >= 11 is 0. The van der Waals surface area contributed by atoms with Gasteiger partial charge in [-0.05, 0) is 47.6 Å². The molecule has 1 spiro atoms. The van der Waals surface area contributed by atoms with Gasteiger partial charge < -0.3 is 15.4 Å². The highest BCUT2D eigenvalue weighted by Gasteiger charge is 2.44. The van der Waals surface area contributed by atoms with Crippen molar-refractivity contribution in [2.45, 2.75) is 31.7 Å². The molecule has 0 aromatic heterocycles. The lowest BCUT2D eigenvalue weighted by molar-refractivity contribution is -0.117. The van der Waals surface area contributed by atoms with Crippen molar-refractivity contribution in [3.05, 3.63) is 59.4 Å². The van der Waals surface area contributed by atoms with Crippen molar-refractivity contribution in [2.75, 3.05) is 26.3 Å². The largest absolute Gasteiger partial charge is 0.389 e. The van der Waals surface area contributed by atoms with Crippen LogP contribution >= 0.6 is 0 Å². The monoisotopic (exact) mass is 365 g/mol. The quantitative estimate of drug-likeness (QED) is 0.753. The fourth-order valence-corrected chi connectivity index (χ4v) is 4.61. The van der Waals surface area contributed by atoms with Crippen molar-refractivity contribution in [2.24, 2.45) is 10.4 Å². The fourth-order valence-electron chi connectivity index (χ4n) is 4.61. The van der Waals surface area contributed by atoms with Crippen LogP contribution < -0.4 is 10.6 Å². The molecule has 5 heteroatoms. The van der Waals surface area contributed by atoms with Crippen molar-refractivity contribution in [3.63, 3.8) is 0 Å². The van der Waals surface area contributed by atoms with Crippen molar-refractivity contribution < 1.29 is 9.53 Å². The Bertz CT molecular complexity index is 787. The van der Waals surface area contributed by atoms with Crippen molar-refractivity contribution in [3.8, 4) is 0 Å². The summed E-state index contributed by atoms with van der Waals surface area (Å²) < 4.78 is 5.60. The van der Waals surface area contributed by atoms with E-state index in [1.54, 1.807) is 0 Å². The molecule has 5 nitrogen and oxygen atoms in total. The number of ether oxygens (including phenoxy) is 1. The van der Waals surface area contributed by atoms with E-state index in [0.717, 1.165) is 38.8 Å². The molecule has 142 valence electrons. The molecule has 0 aromatic carbocycles. The molecule has 4 aliphatic rings. The van der Waals surface area contributed by atoms with Crippen LogP contribution in [0.2, 0.25) is 0 Å². The minimum atomic E-state index is -0.150. The van der Waals surface area contributed by atoms with E-state index in [-0.39, 0.29) is 17.4 Å². The van der Waals surface area contributed by atoms with Crippen LogP contribution in [0.25, 0.3) is 0 Å². The molecule has 4 rings (SSSR count). The molecule has 2 atom stereocenters. The SMILES string of the molecule is C=CC(=O)NC1CCC=C(C2=CCC=NCC23CNC=C3C2=CCOC2)C1. The van der Waals surface area contributed by atoms with E-state index in [4.69, 9.17) is 9.73 Å². The number of carbonyl (C=O) groups is 1. The van der Waals surface area contributed by atoms with Gasteiger partial charge in [-0.1, -0.05) is 24.8 Å². The van der Waals surface area contributed by atoms with Gasteiger partial charge in [-0.15, -0.1) is 0 Å². The predicted octanol–water partition coefficient (Wildman–Crippen LogP) is 2.60. The average molecular weight is 365 g/mol. The molecule has 1 aliphatic carbocycles. The van der Waals surface area contributed by atoms with E-state index in [1.807, 2.05) is 6.21 Å². The van der Waals surface area contributed by atoms with Crippen LogP contribution in [-0.2, 0) is 9.53 Å². The Hall–Kier alpha value is -2.40. The molecule has 3 heterocycles. The Kier molecular flexibility index (Phi) is 5.12. The zero-order chi connectivity index (χ0) is 18.7. The Morgan fingerprint density at radius 3 is 3.07 bits per heavy atom. The second-order valence-corrected chi connectivity index (χ2v) is 7.56. The number of carbonyl (C=O) groups excluding carboxylic acids is 1. The minimum Gasteiger partial charge on any atom is -0.389 e. The standard InChI is InChI=1S/C22H27N3O2/c1-2-21(26)25-18-6-3-5-16(11-18)19-7-4-9-23-14-22(19)15-24-12-20(22)17-8-10-27-13-17/h2,5,7-9,12,18,24H,1,3-4,6,10-11,13-15H2,(H,25,26). The van der Waals surface area contributed by atoms with E-state index in [0.29, 0.717) is 13.2 Å². The summed E-state index contributed by atoms with van der Waals surface area (Å²) in [5.74, 6) is -0.0921. The zero-order valence-electron chi connectivity index (χ0n) is 15.7. The lowest BCUT2D eigenvalue weighted by Crippen LogP contribution is -2.38. The molecule has 2 N–H and O–H groups in total. The summed E-state index contributed by atoms with van der Waals surface area (Å²) in [5.41, 5.74) is 5.14. The van der Waals surface area contributed by atoms with E-state index in [1.165, 1.54) is 28.4 Å². The molecule has 0 fully saturated rings. The Morgan fingerprint density at radius 2 is 2.26 bits per heavy atom. The molecule has 0 saturated heterocycles. The number of nitrogens with zero attached hydrogens (tertiary/aromatic N) is 1. The van der Waals surface area contributed by atoms with Gasteiger partial charge in [0.1, 0.15) is 0 Å². The fraction of sp³-hybridized carbons (Fsp3) is 0.455. The van der Waals surface area contributed by atoms with Gasteiger partial charge in [0.25, 0.3) is 0 Å². The summed E-state index contributed by atoms with van der Waals surface area (Å²) in [4.78, 5) is 16.5. The smallest absolute Gasteiger partial charge is 0.243 e. The Balaban J connectivity index is 1.65. The molecule has 0 aromatic rings. The highest BCUT2D eigenvalue weighted by molar-refractivity contribution is 5.87. The third-order valence-electron chi connectivity index (χ3n) is 5.90. The number of amides is 1. The second-order valence-electron chi connectivity index (χ2n) is 7.56. The first-order chi connectivity index (χ1) is 13.2. The number of rotatable bonds is 4. The first-order valence-corrected chi connectivity index (χ1v) is 9.75. The third-order valence-corrected chi connectivity index (χ3v) is 5.90. The van der Waals surface area contributed by atoms with E-state index < -0.39 is 0 Å². The van der Waals surface area contributed by atoms with Gasteiger partial charge in [-0.2, -0.15) is 0 Å². The predicted molar refractivity (Wildman–Crippen MR) is 108 cm³/mol. The summed E-state index contributed by atoms with van der Waals surface area (Å²) in [6.45, 7) is 6.52. The molecule has 0 radical (unpaired) electrons. The molecule has 0 bridgehead atoms. The maximum atomic E-state index is 11.8. The second kappa shape index (κ2) is 7.69. The van der Waals surface area contributed by atoms with Gasteiger partial charge >= 0.3 is 0 Å². The van der Waals surface area contributed by atoms with Gasteiger partial charge in [0.2, 0.25) is 5.91 Å². The minimum absolute atomic E-state index is 0.0921. The van der Waals surface area contributed by atoms with Crippen molar-refractivity contribution in [1.82, 2.24) is 10.6 Å². The lowest BCUT2D eigenvalue weighted by atomic mass is 9.68. The van der Waals surface area contributed by atoms with Crippen LogP contribution in [0, 0.1) is 5.41 Å². The van der Waals surface area contributed by atoms with Gasteiger partial charge in [0.15, 0.2) is 0 Å². The summed E-state index contributed by atoms with van der Waals surface area (Å²) in [5, 5.41) is 6.56. The van der Waals surface area contributed by atoms with Gasteiger partial charge in [0.05, 0.1) is 25.2 Å².